The number of likely N-dealkylation sites (N-methyl/N-ethyl adjacent to an activating group) is 1. The maximum absolute atomic E-state index is 4.39. The van der Waals surface area contributed by atoms with Gasteiger partial charge >= 0.3 is 0 Å². The van der Waals surface area contributed by atoms with Gasteiger partial charge in [0.1, 0.15) is 0 Å². The Morgan fingerprint density at radius 2 is 2.11 bits per heavy atom. The van der Waals surface area contributed by atoms with E-state index in [1.54, 1.807) is 0 Å². The lowest BCUT2D eigenvalue weighted by Crippen LogP contribution is -2.20. The third kappa shape index (κ3) is 2.93. The number of hydrogen-bond donors (Lipinski definition) is 1. The molecule has 3 nitrogen and oxygen atoms in total. The maximum Gasteiger partial charge on any atom is 0.0422 e. The summed E-state index contributed by atoms with van der Waals surface area (Å²) in [5.74, 6) is 0. The molecule has 0 saturated carbocycles. The first-order valence-electron chi connectivity index (χ1n) is 6.35. The molecule has 0 saturated heterocycles. The van der Waals surface area contributed by atoms with Gasteiger partial charge in [0.25, 0.3) is 0 Å². The highest BCUT2D eigenvalue weighted by atomic mass is 14.9. The molecular formula is C15H19N3. The molecule has 0 aliphatic rings. The predicted molar refractivity (Wildman–Crippen MR) is 73.4 cm³/mol. The summed E-state index contributed by atoms with van der Waals surface area (Å²) >= 11 is 0. The molecule has 0 aliphatic carbocycles. The molecule has 0 bridgehead atoms. The molecule has 1 unspecified atom stereocenters. The Balaban J connectivity index is 2.23. The molecule has 2 heterocycles. The van der Waals surface area contributed by atoms with Crippen molar-refractivity contribution in [1.82, 2.24) is 15.3 Å². The Morgan fingerprint density at radius 3 is 2.78 bits per heavy atom. The minimum absolute atomic E-state index is 0.290. The van der Waals surface area contributed by atoms with Gasteiger partial charge in [-0.15, -0.1) is 0 Å². The molecule has 94 valence electrons. The molecule has 0 aliphatic heterocycles. The largest absolute Gasteiger partial charge is 0.313 e. The van der Waals surface area contributed by atoms with Crippen molar-refractivity contribution in [2.24, 2.45) is 0 Å². The number of rotatable bonds is 5. The molecule has 18 heavy (non-hydrogen) atoms. The Morgan fingerprint density at radius 1 is 1.22 bits per heavy atom. The highest BCUT2D eigenvalue weighted by Gasteiger charge is 2.13. The summed E-state index contributed by atoms with van der Waals surface area (Å²) in [6, 6.07) is 8.43. The molecule has 3 heteroatoms. The van der Waals surface area contributed by atoms with E-state index in [2.05, 4.69) is 34.3 Å². The van der Waals surface area contributed by atoms with Crippen LogP contribution < -0.4 is 5.32 Å². The van der Waals surface area contributed by atoms with Crippen LogP contribution in [0.2, 0.25) is 0 Å². The second-order valence-electron chi connectivity index (χ2n) is 4.29. The average molecular weight is 241 g/mol. The number of hydrogen-bond acceptors (Lipinski definition) is 3. The van der Waals surface area contributed by atoms with Crippen molar-refractivity contribution in [2.75, 3.05) is 7.05 Å². The van der Waals surface area contributed by atoms with Crippen LogP contribution in [-0.2, 0) is 12.8 Å². The smallest absolute Gasteiger partial charge is 0.0422 e. The van der Waals surface area contributed by atoms with E-state index in [0.717, 1.165) is 18.5 Å². The van der Waals surface area contributed by atoms with Gasteiger partial charge in [-0.2, -0.15) is 0 Å². The van der Waals surface area contributed by atoms with E-state index in [4.69, 9.17) is 0 Å². The average Bonchev–Trinajstić information content (AvgIpc) is 2.46. The summed E-state index contributed by atoms with van der Waals surface area (Å²) in [4.78, 5) is 8.59. The summed E-state index contributed by atoms with van der Waals surface area (Å²) in [5.41, 5.74) is 3.73. The first-order chi connectivity index (χ1) is 8.85. The van der Waals surface area contributed by atoms with Crippen LogP contribution in [-0.4, -0.2) is 17.0 Å². The highest BCUT2D eigenvalue weighted by molar-refractivity contribution is 5.28. The van der Waals surface area contributed by atoms with Crippen molar-refractivity contribution in [1.29, 1.82) is 0 Å². The minimum Gasteiger partial charge on any atom is -0.313 e. The van der Waals surface area contributed by atoms with Crippen LogP contribution in [0.1, 0.15) is 29.8 Å². The van der Waals surface area contributed by atoms with Gasteiger partial charge in [0.15, 0.2) is 0 Å². The molecule has 0 amide bonds. The van der Waals surface area contributed by atoms with Crippen molar-refractivity contribution in [2.45, 2.75) is 25.8 Å². The Labute approximate surface area is 108 Å². The lowest BCUT2D eigenvalue weighted by molar-refractivity contribution is 0.578. The monoisotopic (exact) mass is 241 g/mol. The molecule has 2 rings (SSSR count). The molecule has 0 spiro atoms. The van der Waals surface area contributed by atoms with Gasteiger partial charge in [-0.1, -0.05) is 13.0 Å². The normalized spacial score (nSPS) is 12.3. The van der Waals surface area contributed by atoms with E-state index in [-0.39, 0.29) is 6.04 Å². The summed E-state index contributed by atoms with van der Waals surface area (Å²) in [7, 11) is 1.99. The molecule has 1 atom stereocenters. The van der Waals surface area contributed by atoms with Crippen molar-refractivity contribution < 1.29 is 0 Å². The van der Waals surface area contributed by atoms with Crippen LogP contribution in [0.15, 0.2) is 42.9 Å². The lowest BCUT2D eigenvalue weighted by atomic mass is 9.97. The van der Waals surface area contributed by atoms with Gasteiger partial charge in [-0.05, 0) is 42.8 Å². The van der Waals surface area contributed by atoms with Gasteiger partial charge < -0.3 is 5.32 Å². The van der Waals surface area contributed by atoms with E-state index in [1.807, 2.05) is 37.8 Å². The Hall–Kier alpha value is -1.74. The molecular weight excluding hydrogens is 222 g/mol. The van der Waals surface area contributed by atoms with Gasteiger partial charge in [0, 0.05) is 36.7 Å². The number of nitrogens with one attached hydrogen (secondary N) is 1. The van der Waals surface area contributed by atoms with Crippen LogP contribution in [0.3, 0.4) is 0 Å². The number of aryl methyl sites for hydroxylation is 1. The Kier molecular flexibility index (Phi) is 4.42. The quantitative estimate of drug-likeness (QED) is 0.874. The number of aromatic nitrogens is 2. The number of nitrogens with zero attached hydrogens (tertiary/aromatic N) is 2. The topological polar surface area (TPSA) is 37.8 Å². The summed E-state index contributed by atoms with van der Waals surface area (Å²) in [6.45, 7) is 2.16. The molecule has 0 aromatic carbocycles. The van der Waals surface area contributed by atoms with Crippen molar-refractivity contribution in [3.63, 3.8) is 0 Å². The van der Waals surface area contributed by atoms with Crippen molar-refractivity contribution in [3.05, 3.63) is 59.7 Å². The highest BCUT2D eigenvalue weighted by Crippen LogP contribution is 2.20. The fourth-order valence-corrected chi connectivity index (χ4v) is 2.17. The third-order valence-corrected chi connectivity index (χ3v) is 3.19. The Bertz CT molecular complexity index is 482. The fraction of sp³-hybridized carbons (Fsp3) is 0.333. The summed E-state index contributed by atoms with van der Waals surface area (Å²) in [5, 5.41) is 3.37. The molecule has 0 fully saturated rings. The maximum atomic E-state index is 4.39. The second-order valence-corrected chi connectivity index (χ2v) is 4.29. The van der Waals surface area contributed by atoms with Crippen LogP contribution in [0.4, 0.5) is 0 Å². The first kappa shape index (κ1) is 12.7. The zero-order chi connectivity index (χ0) is 12.8. The molecule has 2 aromatic heterocycles. The fourth-order valence-electron chi connectivity index (χ4n) is 2.17. The third-order valence-electron chi connectivity index (χ3n) is 3.19. The number of pyridine rings is 2. The van der Waals surface area contributed by atoms with Gasteiger partial charge in [0.2, 0.25) is 0 Å². The second kappa shape index (κ2) is 6.26. The molecule has 1 N–H and O–H groups in total. The van der Waals surface area contributed by atoms with Gasteiger partial charge in [-0.25, -0.2) is 0 Å². The van der Waals surface area contributed by atoms with Gasteiger partial charge in [-0.3, -0.25) is 9.97 Å². The zero-order valence-corrected chi connectivity index (χ0v) is 10.9. The first-order valence-corrected chi connectivity index (χ1v) is 6.35. The van der Waals surface area contributed by atoms with E-state index in [9.17, 15) is 0 Å². The summed E-state index contributed by atoms with van der Waals surface area (Å²) < 4.78 is 0. The van der Waals surface area contributed by atoms with Crippen LogP contribution >= 0.6 is 0 Å². The van der Waals surface area contributed by atoms with Crippen molar-refractivity contribution in [3.8, 4) is 0 Å². The standard InChI is InChI=1S/C15H19N3/c1-3-12-11-17-9-7-14(12)15(16-2)10-13-6-4-5-8-18-13/h4-9,11,15-16H,3,10H2,1-2H3. The molecule has 2 aromatic rings. The lowest BCUT2D eigenvalue weighted by Gasteiger charge is -2.19. The van der Waals surface area contributed by atoms with Crippen LogP contribution in [0, 0.1) is 0 Å². The zero-order valence-electron chi connectivity index (χ0n) is 10.9. The summed E-state index contributed by atoms with van der Waals surface area (Å²) in [6.07, 6.45) is 7.56. The van der Waals surface area contributed by atoms with Crippen LogP contribution in [0.5, 0.6) is 0 Å². The predicted octanol–water partition coefficient (Wildman–Crippen LogP) is 2.54. The van der Waals surface area contributed by atoms with Crippen molar-refractivity contribution >= 4 is 0 Å². The minimum atomic E-state index is 0.290. The van der Waals surface area contributed by atoms with E-state index in [0.29, 0.717) is 0 Å². The van der Waals surface area contributed by atoms with E-state index in [1.165, 1.54) is 11.1 Å². The van der Waals surface area contributed by atoms with E-state index >= 15 is 0 Å². The van der Waals surface area contributed by atoms with E-state index < -0.39 is 0 Å². The van der Waals surface area contributed by atoms with Gasteiger partial charge in [0.05, 0.1) is 0 Å². The SMILES string of the molecule is CCc1cnccc1C(Cc1ccccn1)NC. The molecule has 0 radical (unpaired) electrons. The van der Waals surface area contributed by atoms with Crippen LogP contribution in [0.25, 0.3) is 0 Å².